The van der Waals surface area contributed by atoms with E-state index in [0.717, 1.165) is 17.4 Å². The van der Waals surface area contributed by atoms with Crippen molar-refractivity contribution in [1.29, 1.82) is 0 Å². The van der Waals surface area contributed by atoms with Gasteiger partial charge >= 0.3 is 12.4 Å². The molecule has 0 saturated heterocycles. The lowest BCUT2D eigenvalue weighted by Crippen LogP contribution is -2.11. The molecule has 0 aliphatic heterocycles. The van der Waals surface area contributed by atoms with Crippen LogP contribution >= 0.6 is 0 Å². The number of rotatable bonds is 3. The normalized spacial score (nSPS) is 12.8. The number of halogens is 6. The zero-order valence-electron chi connectivity index (χ0n) is 12.5. The molecule has 0 saturated carbocycles. The zero-order chi connectivity index (χ0) is 18.9. The summed E-state index contributed by atoms with van der Waals surface area (Å²) in [5.41, 5.74) is -3.31. The van der Waals surface area contributed by atoms with Crippen molar-refractivity contribution in [1.82, 2.24) is 25.0 Å². The maximum atomic E-state index is 12.9. The van der Waals surface area contributed by atoms with Gasteiger partial charge < -0.3 is 4.42 Å². The second-order valence-corrected chi connectivity index (χ2v) is 4.94. The molecule has 0 spiro atoms. The first-order valence-corrected chi connectivity index (χ1v) is 6.78. The minimum Gasteiger partial charge on any atom is -0.424 e. The standard InChI is InChI=1S/C14H7F6N5O/c15-13(16,17)9-3-8(4-10(5-9)14(18,19)20)12-21-6-25(24-12)2-1-11-23-22-7-26-11/h1-7H/b2-1+. The van der Waals surface area contributed by atoms with Crippen LogP contribution in [0.5, 0.6) is 0 Å². The molecule has 0 N–H and O–H groups in total. The average Bonchev–Trinajstić information content (AvgIpc) is 3.22. The van der Waals surface area contributed by atoms with E-state index in [-0.39, 0.29) is 17.8 Å². The predicted octanol–water partition coefficient (Wildman–Crippen LogP) is 3.99. The van der Waals surface area contributed by atoms with E-state index in [1.807, 2.05) is 0 Å². The van der Waals surface area contributed by atoms with E-state index in [2.05, 4.69) is 20.3 Å². The van der Waals surface area contributed by atoms with Crippen LogP contribution in [0.4, 0.5) is 26.3 Å². The summed E-state index contributed by atoms with van der Waals surface area (Å²) < 4.78 is 83.2. The largest absolute Gasteiger partial charge is 0.424 e. The molecule has 12 heteroatoms. The Bertz CT molecular complexity index is 894. The molecular weight excluding hydrogens is 368 g/mol. The Balaban J connectivity index is 1.98. The van der Waals surface area contributed by atoms with Gasteiger partial charge in [-0.2, -0.15) is 26.3 Å². The lowest BCUT2D eigenvalue weighted by molar-refractivity contribution is -0.143. The summed E-state index contributed by atoms with van der Waals surface area (Å²) in [6, 6.07) is 1.14. The average molecular weight is 375 g/mol. The smallest absolute Gasteiger partial charge is 0.416 e. The molecule has 6 nitrogen and oxygen atoms in total. The molecule has 0 fully saturated rings. The van der Waals surface area contributed by atoms with E-state index in [4.69, 9.17) is 4.42 Å². The third kappa shape index (κ3) is 3.90. The molecule has 2 aromatic heterocycles. The number of hydrogen-bond acceptors (Lipinski definition) is 5. The topological polar surface area (TPSA) is 69.6 Å². The molecule has 0 unspecified atom stereocenters. The Hall–Kier alpha value is -3.18. The first-order valence-electron chi connectivity index (χ1n) is 6.78. The number of nitrogens with zero attached hydrogens (tertiary/aromatic N) is 5. The van der Waals surface area contributed by atoms with Gasteiger partial charge in [-0.05, 0) is 18.2 Å². The summed E-state index contributed by atoms with van der Waals surface area (Å²) >= 11 is 0. The molecule has 1 aromatic carbocycles. The molecule has 0 amide bonds. The van der Waals surface area contributed by atoms with Crippen LogP contribution in [-0.2, 0) is 12.4 Å². The third-order valence-corrected chi connectivity index (χ3v) is 3.10. The fourth-order valence-electron chi connectivity index (χ4n) is 1.96. The van der Waals surface area contributed by atoms with Crippen molar-refractivity contribution >= 4 is 12.3 Å². The first kappa shape index (κ1) is 17.6. The van der Waals surface area contributed by atoms with Gasteiger partial charge in [-0.1, -0.05) is 0 Å². The number of hydrogen-bond donors (Lipinski definition) is 0. The molecule has 0 aliphatic carbocycles. The fraction of sp³-hybridized carbons (Fsp3) is 0.143. The van der Waals surface area contributed by atoms with Gasteiger partial charge in [-0.3, -0.25) is 0 Å². The van der Waals surface area contributed by atoms with E-state index < -0.39 is 29.0 Å². The monoisotopic (exact) mass is 375 g/mol. The van der Waals surface area contributed by atoms with Gasteiger partial charge in [0.25, 0.3) is 0 Å². The lowest BCUT2D eigenvalue weighted by atomic mass is 10.0. The van der Waals surface area contributed by atoms with Crippen molar-refractivity contribution in [2.75, 3.05) is 0 Å². The van der Waals surface area contributed by atoms with Gasteiger partial charge in [-0.25, -0.2) is 9.67 Å². The van der Waals surface area contributed by atoms with Crippen LogP contribution in [0.25, 0.3) is 23.7 Å². The SMILES string of the molecule is FC(F)(F)c1cc(-c2ncn(/C=C/c3nnco3)n2)cc(C(F)(F)F)c1. The molecular formula is C14H7F6N5O. The summed E-state index contributed by atoms with van der Waals surface area (Å²) in [4.78, 5) is 3.73. The Morgan fingerprint density at radius 1 is 0.962 bits per heavy atom. The number of benzene rings is 1. The maximum Gasteiger partial charge on any atom is 0.416 e. The van der Waals surface area contributed by atoms with Gasteiger partial charge in [-0.15, -0.1) is 15.3 Å². The summed E-state index contributed by atoms with van der Waals surface area (Å²) in [5, 5.41) is 10.8. The van der Waals surface area contributed by atoms with Crippen molar-refractivity contribution in [3.05, 3.63) is 47.9 Å². The highest BCUT2D eigenvalue weighted by molar-refractivity contribution is 5.59. The number of alkyl halides is 6. The van der Waals surface area contributed by atoms with Crippen molar-refractivity contribution in [3.63, 3.8) is 0 Å². The molecule has 26 heavy (non-hydrogen) atoms. The Morgan fingerprint density at radius 2 is 1.62 bits per heavy atom. The molecule has 0 radical (unpaired) electrons. The summed E-state index contributed by atoms with van der Waals surface area (Å²) in [6.45, 7) is 0. The van der Waals surface area contributed by atoms with Gasteiger partial charge in [0.15, 0.2) is 5.82 Å². The van der Waals surface area contributed by atoms with Crippen LogP contribution in [0.1, 0.15) is 17.0 Å². The van der Waals surface area contributed by atoms with Crippen molar-refractivity contribution in [3.8, 4) is 11.4 Å². The maximum absolute atomic E-state index is 12.9. The van der Waals surface area contributed by atoms with Crippen LogP contribution in [-0.4, -0.2) is 25.0 Å². The van der Waals surface area contributed by atoms with E-state index in [1.165, 1.54) is 12.3 Å². The van der Waals surface area contributed by atoms with Crippen LogP contribution < -0.4 is 0 Å². The van der Waals surface area contributed by atoms with E-state index in [9.17, 15) is 26.3 Å². The Labute approximate surface area is 140 Å². The van der Waals surface area contributed by atoms with E-state index in [0.29, 0.717) is 12.1 Å². The molecule has 0 bridgehead atoms. The van der Waals surface area contributed by atoms with Crippen molar-refractivity contribution < 1.29 is 30.8 Å². The van der Waals surface area contributed by atoms with Gasteiger partial charge in [0.2, 0.25) is 12.3 Å². The highest BCUT2D eigenvalue weighted by Crippen LogP contribution is 2.37. The highest BCUT2D eigenvalue weighted by atomic mass is 19.4. The fourth-order valence-corrected chi connectivity index (χ4v) is 1.96. The molecule has 2 heterocycles. The number of aromatic nitrogens is 5. The molecule has 136 valence electrons. The summed E-state index contributed by atoms with van der Waals surface area (Å²) in [6.07, 6.45) is -5.09. The second kappa shape index (κ2) is 6.28. The predicted molar refractivity (Wildman–Crippen MR) is 75.0 cm³/mol. The Kier molecular flexibility index (Phi) is 4.26. The van der Waals surface area contributed by atoms with Gasteiger partial charge in [0, 0.05) is 17.8 Å². The lowest BCUT2D eigenvalue weighted by Gasteiger charge is -2.13. The molecule has 3 aromatic rings. The zero-order valence-corrected chi connectivity index (χ0v) is 12.5. The van der Waals surface area contributed by atoms with Crippen LogP contribution in [0.15, 0.2) is 35.3 Å². The summed E-state index contributed by atoms with van der Waals surface area (Å²) in [5.74, 6) is -0.183. The minimum absolute atomic E-state index is 0.0377. The van der Waals surface area contributed by atoms with Crippen molar-refractivity contribution in [2.24, 2.45) is 0 Å². The van der Waals surface area contributed by atoms with E-state index in [1.54, 1.807) is 0 Å². The highest BCUT2D eigenvalue weighted by Gasteiger charge is 2.37. The minimum atomic E-state index is -4.95. The van der Waals surface area contributed by atoms with Gasteiger partial charge in [0.05, 0.1) is 11.1 Å². The Morgan fingerprint density at radius 3 is 2.15 bits per heavy atom. The first-order chi connectivity index (χ1) is 12.1. The van der Waals surface area contributed by atoms with Crippen LogP contribution in [0, 0.1) is 0 Å². The van der Waals surface area contributed by atoms with Crippen molar-refractivity contribution in [2.45, 2.75) is 12.4 Å². The second-order valence-electron chi connectivity index (χ2n) is 4.94. The third-order valence-electron chi connectivity index (χ3n) is 3.10. The van der Waals surface area contributed by atoms with Crippen LogP contribution in [0.2, 0.25) is 0 Å². The van der Waals surface area contributed by atoms with E-state index >= 15 is 0 Å². The molecule has 0 atom stereocenters. The quantitative estimate of drug-likeness (QED) is 0.648. The van der Waals surface area contributed by atoms with Gasteiger partial charge in [0.1, 0.15) is 6.33 Å². The molecule has 0 aliphatic rings. The molecule has 3 rings (SSSR count). The van der Waals surface area contributed by atoms with Crippen LogP contribution in [0.3, 0.4) is 0 Å². The summed E-state index contributed by atoms with van der Waals surface area (Å²) in [7, 11) is 0.